The highest BCUT2D eigenvalue weighted by Gasteiger charge is 2.42. The summed E-state index contributed by atoms with van der Waals surface area (Å²) in [6.07, 6.45) is 2.13. The van der Waals surface area contributed by atoms with Crippen molar-refractivity contribution in [3.8, 4) is 5.75 Å². The van der Waals surface area contributed by atoms with Gasteiger partial charge in [0.25, 0.3) is 5.91 Å². The number of sulfone groups is 1. The normalized spacial score (nSPS) is 23.9. The van der Waals surface area contributed by atoms with Crippen LogP contribution in [0.3, 0.4) is 0 Å². The average molecular weight is 483 g/mol. The number of hydrogen-bond donors (Lipinski definition) is 1. The largest absolute Gasteiger partial charge is 0.486 e. The molecule has 0 saturated carbocycles. The summed E-state index contributed by atoms with van der Waals surface area (Å²) in [4.78, 5) is 14.8. The van der Waals surface area contributed by atoms with Gasteiger partial charge in [0.2, 0.25) is 0 Å². The van der Waals surface area contributed by atoms with Crippen LogP contribution in [-0.2, 0) is 16.4 Å². The SMILES string of the molecule is O=C(NC1CS(=O)(=O)CC1N1CCCC1)c1ccc(COc2ccc(Br)cc2)o1. The number of benzene rings is 1. The summed E-state index contributed by atoms with van der Waals surface area (Å²) in [5, 5.41) is 2.87. The van der Waals surface area contributed by atoms with Gasteiger partial charge >= 0.3 is 0 Å². The van der Waals surface area contributed by atoms with Crippen LogP contribution >= 0.6 is 15.9 Å². The molecule has 1 aromatic heterocycles. The van der Waals surface area contributed by atoms with E-state index in [1.165, 1.54) is 0 Å². The molecule has 7 nitrogen and oxygen atoms in total. The number of carbonyl (C=O) groups excluding carboxylic acids is 1. The summed E-state index contributed by atoms with van der Waals surface area (Å²) in [5.41, 5.74) is 0. The van der Waals surface area contributed by atoms with Crippen LogP contribution in [-0.4, -0.2) is 55.9 Å². The van der Waals surface area contributed by atoms with E-state index < -0.39 is 21.8 Å². The summed E-state index contributed by atoms with van der Waals surface area (Å²) >= 11 is 3.37. The van der Waals surface area contributed by atoms with Gasteiger partial charge in [-0.1, -0.05) is 15.9 Å². The predicted molar refractivity (Wildman–Crippen MR) is 112 cm³/mol. The Balaban J connectivity index is 1.37. The monoisotopic (exact) mass is 482 g/mol. The molecule has 0 aliphatic carbocycles. The lowest BCUT2D eigenvalue weighted by Gasteiger charge is -2.28. The number of likely N-dealkylation sites (tertiary alicyclic amines) is 1. The first kappa shape index (κ1) is 20.4. The number of furan rings is 1. The summed E-state index contributed by atoms with van der Waals surface area (Å²) in [7, 11) is -3.16. The molecule has 0 bridgehead atoms. The average Bonchev–Trinajstić information content (AvgIpc) is 3.41. The molecule has 0 radical (unpaired) electrons. The fourth-order valence-corrected chi connectivity index (χ4v) is 6.12. The van der Waals surface area contributed by atoms with Crippen LogP contribution in [0.2, 0.25) is 0 Å². The summed E-state index contributed by atoms with van der Waals surface area (Å²) in [6, 6.07) is 10.1. The summed E-state index contributed by atoms with van der Waals surface area (Å²) in [5.74, 6) is 1.05. The Morgan fingerprint density at radius 1 is 1.14 bits per heavy atom. The molecule has 1 aromatic carbocycles. The smallest absolute Gasteiger partial charge is 0.287 e. The van der Waals surface area contributed by atoms with E-state index in [0.29, 0.717) is 11.5 Å². The van der Waals surface area contributed by atoms with Gasteiger partial charge in [0.05, 0.1) is 17.5 Å². The van der Waals surface area contributed by atoms with Crippen molar-refractivity contribution in [2.24, 2.45) is 0 Å². The predicted octanol–water partition coefficient (Wildman–Crippen LogP) is 2.61. The van der Waals surface area contributed by atoms with Crippen LogP contribution in [0.5, 0.6) is 5.75 Å². The molecular formula is C20H23BrN2O5S. The quantitative estimate of drug-likeness (QED) is 0.680. The highest BCUT2D eigenvalue weighted by Crippen LogP contribution is 2.23. The number of nitrogens with one attached hydrogen (secondary N) is 1. The molecule has 2 unspecified atom stereocenters. The summed E-state index contributed by atoms with van der Waals surface area (Å²) < 4.78 is 36.5. The van der Waals surface area contributed by atoms with E-state index in [9.17, 15) is 13.2 Å². The fraction of sp³-hybridized carbons (Fsp3) is 0.450. The molecule has 29 heavy (non-hydrogen) atoms. The Bertz CT molecular complexity index is 967. The number of nitrogens with zero attached hydrogens (tertiary/aromatic N) is 1. The topological polar surface area (TPSA) is 88.9 Å². The van der Waals surface area contributed by atoms with Crippen molar-refractivity contribution in [1.29, 1.82) is 0 Å². The number of halogens is 1. The number of ether oxygens (including phenoxy) is 1. The van der Waals surface area contributed by atoms with E-state index in [2.05, 4.69) is 26.1 Å². The minimum atomic E-state index is -3.16. The maximum Gasteiger partial charge on any atom is 0.287 e. The van der Waals surface area contributed by atoms with Crippen LogP contribution < -0.4 is 10.1 Å². The molecule has 2 aromatic rings. The van der Waals surface area contributed by atoms with Gasteiger partial charge in [0, 0.05) is 10.5 Å². The molecule has 2 aliphatic rings. The van der Waals surface area contributed by atoms with Crippen LogP contribution in [0, 0.1) is 0 Å². The van der Waals surface area contributed by atoms with E-state index in [1.54, 1.807) is 12.1 Å². The van der Waals surface area contributed by atoms with Gasteiger partial charge in [0.15, 0.2) is 15.6 Å². The van der Waals surface area contributed by atoms with Crippen molar-refractivity contribution in [2.75, 3.05) is 24.6 Å². The Kier molecular flexibility index (Phi) is 5.98. The lowest BCUT2D eigenvalue weighted by molar-refractivity contribution is 0.0886. The Morgan fingerprint density at radius 2 is 1.86 bits per heavy atom. The van der Waals surface area contributed by atoms with E-state index in [1.807, 2.05) is 24.3 Å². The third-order valence-corrected chi connectivity index (χ3v) is 7.57. The first-order valence-corrected chi connectivity index (χ1v) is 12.2. The first-order valence-electron chi connectivity index (χ1n) is 9.62. The number of amides is 1. The number of carbonyl (C=O) groups is 1. The van der Waals surface area contributed by atoms with Crippen LogP contribution in [0.1, 0.15) is 29.2 Å². The highest BCUT2D eigenvalue weighted by molar-refractivity contribution is 9.10. The molecule has 3 heterocycles. The third kappa shape index (κ3) is 5.02. The Labute approximate surface area is 178 Å². The van der Waals surface area contributed by atoms with Gasteiger partial charge in [0.1, 0.15) is 18.1 Å². The van der Waals surface area contributed by atoms with Crippen molar-refractivity contribution in [2.45, 2.75) is 31.5 Å². The van der Waals surface area contributed by atoms with Gasteiger partial charge in [-0.05, 0) is 62.3 Å². The Hall–Kier alpha value is -1.84. The van der Waals surface area contributed by atoms with Crippen molar-refractivity contribution in [1.82, 2.24) is 10.2 Å². The fourth-order valence-electron chi connectivity index (χ4n) is 3.90. The van der Waals surface area contributed by atoms with Crippen molar-refractivity contribution < 1.29 is 22.4 Å². The second kappa shape index (κ2) is 8.49. The third-order valence-electron chi connectivity index (χ3n) is 5.33. The molecule has 156 valence electrons. The second-order valence-electron chi connectivity index (χ2n) is 7.48. The van der Waals surface area contributed by atoms with Gasteiger partial charge < -0.3 is 14.5 Å². The molecule has 2 saturated heterocycles. The molecule has 4 rings (SSSR count). The van der Waals surface area contributed by atoms with Gasteiger partial charge in [-0.2, -0.15) is 0 Å². The number of hydrogen-bond acceptors (Lipinski definition) is 6. The van der Waals surface area contributed by atoms with Crippen LogP contribution in [0.4, 0.5) is 0 Å². The second-order valence-corrected chi connectivity index (χ2v) is 10.5. The lowest BCUT2D eigenvalue weighted by Crippen LogP contribution is -2.50. The van der Waals surface area contributed by atoms with Gasteiger partial charge in [-0.25, -0.2) is 8.42 Å². The molecule has 2 fully saturated rings. The number of rotatable bonds is 6. The van der Waals surface area contributed by atoms with E-state index in [0.717, 1.165) is 30.4 Å². The highest BCUT2D eigenvalue weighted by atomic mass is 79.9. The van der Waals surface area contributed by atoms with Crippen LogP contribution in [0.25, 0.3) is 0 Å². The maximum absolute atomic E-state index is 12.6. The minimum Gasteiger partial charge on any atom is -0.486 e. The molecule has 9 heteroatoms. The van der Waals surface area contributed by atoms with Crippen molar-refractivity contribution in [3.05, 3.63) is 52.4 Å². The molecule has 0 spiro atoms. The molecular weight excluding hydrogens is 460 g/mol. The minimum absolute atomic E-state index is 0.0276. The molecule has 1 N–H and O–H groups in total. The van der Waals surface area contributed by atoms with E-state index in [-0.39, 0.29) is 29.9 Å². The molecule has 1 amide bonds. The zero-order valence-corrected chi connectivity index (χ0v) is 18.2. The zero-order valence-electron chi connectivity index (χ0n) is 15.8. The lowest BCUT2D eigenvalue weighted by atomic mass is 10.1. The van der Waals surface area contributed by atoms with Crippen molar-refractivity contribution in [3.63, 3.8) is 0 Å². The Morgan fingerprint density at radius 3 is 2.59 bits per heavy atom. The molecule has 2 aliphatic heterocycles. The van der Waals surface area contributed by atoms with E-state index in [4.69, 9.17) is 9.15 Å². The summed E-state index contributed by atoms with van der Waals surface area (Å²) in [6.45, 7) is 1.96. The van der Waals surface area contributed by atoms with Gasteiger partial charge in [-0.15, -0.1) is 0 Å². The molecule has 2 atom stereocenters. The van der Waals surface area contributed by atoms with E-state index >= 15 is 0 Å². The van der Waals surface area contributed by atoms with Crippen molar-refractivity contribution >= 4 is 31.7 Å². The van der Waals surface area contributed by atoms with Gasteiger partial charge in [-0.3, -0.25) is 9.69 Å². The standard InChI is InChI=1S/C20H23BrN2O5S/c21-14-3-5-15(6-4-14)27-11-16-7-8-19(28-16)20(24)22-17-12-29(25,26)13-18(17)23-9-1-2-10-23/h3-8,17-18H,1-2,9-13H2,(H,22,24). The van der Waals surface area contributed by atoms with Crippen LogP contribution in [0.15, 0.2) is 45.3 Å². The zero-order chi connectivity index (χ0) is 20.4. The maximum atomic E-state index is 12.6. The first-order chi connectivity index (χ1) is 13.9.